The van der Waals surface area contributed by atoms with Gasteiger partial charge in [0.15, 0.2) is 5.16 Å². The van der Waals surface area contributed by atoms with Crippen molar-refractivity contribution in [1.29, 1.82) is 0 Å². The normalized spacial score (nSPS) is 13.4. The molecule has 1 amide bonds. The lowest BCUT2D eigenvalue weighted by atomic mass is 9.97. The van der Waals surface area contributed by atoms with Crippen molar-refractivity contribution >= 4 is 39.2 Å². The number of hydrogen-bond donors (Lipinski definition) is 0. The minimum atomic E-state index is -0.0450. The van der Waals surface area contributed by atoms with Crippen molar-refractivity contribution in [2.24, 2.45) is 0 Å². The Labute approximate surface area is 177 Å². The summed E-state index contributed by atoms with van der Waals surface area (Å²) in [6, 6.07) is 3.64. The molecule has 3 aromatic rings. The monoisotopic (exact) mass is 429 g/mol. The van der Waals surface area contributed by atoms with E-state index in [-0.39, 0.29) is 17.2 Å². The van der Waals surface area contributed by atoms with Gasteiger partial charge in [-0.15, -0.1) is 17.9 Å². The highest BCUT2D eigenvalue weighted by Crippen LogP contribution is 2.34. The van der Waals surface area contributed by atoms with E-state index in [2.05, 4.69) is 6.58 Å². The maximum atomic E-state index is 13.2. The highest BCUT2D eigenvalue weighted by Gasteiger charge is 2.22. The van der Waals surface area contributed by atoms with Crippen molar-refractivity contribution in [3.05, 3.63) is 57.6 Å². The minimum Gasteiger partial charge on any atom is -0.467 e. The van der Waals surface area contributed by atoms with Crippen LogP contribution < -0.4 is 5.56 Å². The first-order valence-electron chi connectivity index (χ1n) is 9.63. The molecular weight excluding hydrogens is 406 g/mol. The molecule has 0 spiro atoms. The van der Waals surface area contributed by atoms with Crippen molar-refractivity contribution in [3.63, 3.8) is 0 Å². The number of carbonyl (C=O) groups excluding carboxylic acids is 1. The summed E-state index contributed by atoms with van der Waals surface area (Å²) in [6.45, 7) is 4.57. The fraction of sp³-hybridized carbons (Fsp3) is 0.381. The number of carbonyl (C=O) groups is 1. The van der Waals surface area contributed by atoms with Gasteiger partial charge in [-0.1, -0.05) is 17.8 Å². The van der Waals surface area contributed by atoms with E-state index in [4.69, 9.17) is 9.40 Å². The van der Waals surface area contributed by atoms with E-state index in [1.165, 1.54) is 28.6 Å². The van der Waals surface area contributed by atoms with E-state index in [0.717, 1.165) is 35.2 Å². The van der Waals surface area contributed by atoms with Crippen molar-refractivity contribution in [1.82, 2.24) is 14.5 Å². The molecule has 0 aliphatic heterocycles. The molecule has 0 saturated carbocycles. The van der Waals surface area contributed by atoms with Crippen LogP contribution in [-0.4, -0.2) is 33.2 Å². The number of amides is 1. The van der Waals surface area contributed by atoms with Gasteiger partial charge in [-0.3, -0.25) is 14.2 Å². The van der Waals surface area contributed by atoms with E-state index in [1.807, 2.05) is 6.07 Å². The van der Waals surface area contributed by atoms with Crippen LogP contribution in [-0.2, 0) is 30.7 Å². The first-order chi connectivity index (χ1) is 14.1. The number of hydrogen-bond acceptors (Lipinski definition) is 6. The first kappa shape index (κ1) is 20.0. The standard InChI is InChI=1S/C21H23N3O3S2/c1-3-10-24-20(26)18-15-8-4-5-9-16(15)29-19(18)22-21(24)28-13-17(25)23(2)12-14-7-6-11-27-14/h3,6-7,11H,1,4-5,8-10,12-13H2,2H3. The van der Waals surface area contributed by atoms with E-state index in [0.29, 0.717) is 18.2 Å². The van der Waals surface area contributed by atoms with E-state index in [1.54, 1.807) is 46.3 Å². The number of nitrogens with zero attached hydrogens (tertiary/aromatic N) is 3. The van der Waals surface area contributed by atoms with Gasteiger partial charge in [0.05, 0.1) is 23.9 Å². The van der Waals surface area contributed by atoms with Gasteiger partial charge in [0.25, 0.3) is 5.56 Å². The van der Waals surface area contributed by atoms with Crippen molar-refractivity contribution < 1.29 is 9.21 Å². The maximum Gasteiger partial charge on any atom is 0.263 e. The van der Waals surface area contributed by atoms with Gasteiger partial charge >= 0.3 is 0 Å². The van der Waals surface area contributed by atoms with Crippen LogP contribution >= 0.6 is 23.1 Å². The Morgan fingerprint density at radius 2 is 2.28 bits per heavy atom. The van der Waals surface area contributed by atoms with Crippen LogP contribution in [0.4, 0.5) is 0 Å². The summed E-state index contributed by atoms with van der Waals surface area (Å²) < 4.78 is 6.94. The number of allylic oxidation sites excluding steroid dienone is 1. The van der Waals surface area contributed by atoms with Crippen LogP contribution in [0.15, 0.2) is 45.4 Å². The fourth-order valence-electron chi connectivity index (χ4n) is 3.58. The molecule has 0 bridgehead atoms. The third-order valence-electron chi connectivity index (χ3n) is 5.08. The van der Waals surface area contributed by atoms with Crippen molar-refractivity contribution in [3.8, 4) is 0 Å². The van der Waals surface area contributed by atoms with Gasteiger partial charge in [-0.2, -0.15) is 0 Å². The zero-order valence-electron chi connectivity index (χ0n) is 16.3. The lowest BCUT2D eigenvalue weighted by molar-refractivity contribution is -0.127. The maximum absolute atomic E-state index is 13.2. The van der Waals surface area contributed by atoms with Gasteiger partial charge in [-0.25, -0.2) is 4.98 Å². The van der Waals surface area contributed by atoms with Crippen LogP contribution in [0.1, 0.15) is 29.0 Å². The van der Waals surface area contributed by atoms with Gasteiger partial charge in [0.2, 0.25) is 5.91 Å². The van der Waals surface area contributed by atoms with E-state index in [9.17, 15) is 9.59 Å². The molecular formula is C21H23N3O3S2. The zero-order chi connectivity index (χ0) is 20.4. The lowest BCUT2D eigenvalue weighted by Crippen LogP contribution is -2.28. The number of aryl methyl sites for hydroxylation is 2. The van der Waals surface area contributed by atoms with Crippen LogP contribution in [0.5, 0.6) is 0 Å². The summed E-state index contributed by atoms with van der Waals surface area (Å²) in [6.07, 6.45) is 7.54. The molecule has 1 aliphatic rings. The third kappa shape index (κ3) is 4.04. The fourth-order valence-corrected chi connectivity index (χ4v) is 5.83. The van der Waals surface area contributed by atoms with Crippen LogP contribution in [0.2, 0.25) is 0 Å². The first-order valence-corrected chi connectivity index (χ1v) is 11.4. The molecule has 3 heterocycles. The predicted molar refractivity (Wildman–Crippen MR) is 117 cm³/mol. The zero-order valence-corrected chi connectivity index (χ0v) is 18.0. The number of furan rings is 1. The Bertz CT molecular complexity index is 1100. The largest absolute Gasteiger partial charge is 0.467 e. The number of thioether (sulfide) groups is 1. The van der Waals surface area contributed by atoms with Gasteiger partial charge in [-0.05, 0) is 43.4 Å². The van der Waals surface area contributed by atoms with Gasteiger partial charge < -0.3 is 9.32 Å². The summed E-state index contributed by atoms with van der Waals surface area (Å²) >= 11 is 2.93. The minimum absolute atomic E-state index is 0.0202. The Morgan fingerprint density at radius 1 is 1.45 bits per heavy atom. The molecule has 0 atom stereocenters. The molecule has 6 nitrogen and oxygen atoms in total. The highest BCUT2D eigenvalue weighted by molar-refractivity contribution is 7.99. The summed E-state index contributed by atoms with van der Waals surface area (Å²) in [5.74, 6) is 0.895. The Hall–Kier alpha value is -2.32. The highest BCUT2D eigenvalue weighted by atomic mass is 32.2. The molecule has 3 aromatic heterocycles. The third-order valence-corrected chi connectivity index (χ3v) is 7.22. The van der Waals surface area contributed by atoms with E-state index < -0.39 is 0 Å². The molecule has 29 heavy (non-hydrogen) atoms. The van der Waals surface area contributed by atoms with Crippen LogP contribution in [0.25, 0.3) is 10.2 Å². The van der Waals surface area contributed by atoms with Gasteiger partial charge in [0, 0.05) is 18.5 Å². The summed E-state index contributed by atoms with van der Waals surface area (Å²) in [5.41, 5.74) is 1.16. The van der Waals surface area contributed by atoms with Gasteiger partial charge in [0.1, 0.15) is 10.6 Å². The second kappa shape index (κ2) is 8.59. The summed E-state index contributed by atoms with van der Waals surface area (Å²) in [7, 11) is 1.74. The number of fused-ring (bicyclic) bond motifs is 3. The molecule has 4 rings (SSSR count). The molecule has 0 N–H and O–H groups in total. The molecule has 8 heteroatoms. The smallest absolute Gasteiger partial charge is 0.263 e. The second-order valence-corrected chi connectivity index (χ2v) is 9.13. The number of aromatic nitrogens is 2. The quantitative estimate of drug-likeness (QED) is 0.324. The summed E-state index contributed by atoms with van der Waals surface area (Å²) in [4.78, 5) is 34.2. The Morgan fingerprint density at radius 3 is 3.03 bits per heavy atom. The molecule has 0 aromatic carbocycles. The predicted octanol–water partition coefficient (Wildman–Crippen LogP) is 3.87. The van der Waals surface area contributed by atoms with Crippen molar-refractivity contribution in [2.45, 2.75) is 43.9 Å². The number of rotatable bonds is 7. The Balaban J connectivity index is 1.59. The SMILES string of the molecule is C=CCn1c(SCC(=O)N(C)Cc2ccco2)nc2sc3c(c2c1=O)CCCC3. The topological polar surface area (TPSA) is 68.3 Å². The summed E-state index contributed by atoms with van der Waals surface area (Å²) in [5, 5.41) is 1.33. The second-order valence-electron chi connectivity index (χ2n) is 7.11. The van der Waals surface area contributed by atoms with Crippen LogP contribution in [0, 0.1) is 0 Å². The Kier molecular flexibility index (Phi) is 5.91. The average molecular weight is 430 g/mol. The van der Waals surface area contributed by atoms with E-state index >= 15 is 0 Å². The lowest BCUT2D eigenvalue weighted by Gasteiger charge is -2.16. The molecule has 152 valence electrons. The number of thiophene rings is 1. The molecule has 1 aliphatic carbocycles. The molecule has 0 saturated heterocycles. The molecule has 0 fully saturated rings. The molecule has 0 unspecified atom stereocenters. The molecule has 0 radical (unpaired) electrons. The van der Waals surface area contributed by atoms with Crippen molar-refractivity contribution in [2.75, 3.05) is 12.8 Å². The average Bonchev–Trinajstić information content (AvgIpc) is 3.35. The van der Waals surface area contributed by atoms with Crippen LogP contribution in [0.3, 0.4) is 0 Å².